The van der Waals surface area contributed by atoms with Crippen molar-refractivity contribution in [3.05, 3.63) is 58.1 Å². The predicted molar refractivity (Wildman–Crippen MR) is 87.4 cm³/mol. The standard InChI is InChI=1S/C16H19N3OS/c1-4-13(3)19(15-12(2)7-5-9-17-15)16(20)18-11-14-8-6-10-21-14/h4-10H,11H2,1-3H3,(H,18,20)/b13-4+. The zero-order valence-electron chi connectivity index (χ0n) is 12.5. The van der Waals surface area contributed by atoms with Gasteiger partial charge in [-0.15, -0.1) is 11.3 Å². The Labute approximate surface area is 129 Å². The highest BCUT2D eigenvalue weighted by Gasteiger charge is 2.19. The number of hydrogen-bond donors (Lipinski definition) is 1. The summed E-state index contributed by atoms with van der Waals surface area (Å²) in [5, 5.41) is 4.94. The lowest BCUT2D eigenvalue weighted by molar-refractivity contribution is 0.247. The fourth-order valence-electron chi connectivity index (χ4n) is 1.92. The van der Waals surface area contributed by atoms with E-state index in [1.165, 1.54) is 0 Å². The predicted octanol–water partition coefficient (Wildman–Crippen LogP) is 4.09. The number of urea groups is 1. The molecule has 2 heterocycles. The zero-order chi connectivity index (χ0) is 15.2. The Morgan fingerprint density at radius 1 is 1.43 bits per heavy atom. The maximum Gasteiger partial charge on any atom is 0.327 e. The second-order valence-corrected chi connectivity index (χ2v) is 5.68. The fraction of sp³-hybridized carbons (Fsp3) is 0.250. The molecule has 0 bridgehead atoms. The van der Waals surface area contributed by atoms with Gasteiger partial charge in [-0.3, -0.25) is 4.90 Å². The number of nitrogens with one attached hydrogen (secondary N) is 1. The van der Waals surface area contributed by atoms with Crippen LogP contribution in [0.5, 0.6) is 0 Å². The van der Waals surface area contributed by atoms with E-state index in [4.69, 9.17) is 0 Å². The maximum absolute atomic E-state index is 12.5. The van der Waals surface area contributed by atoms with Gasteiger partial charge in [-0.05, 0) is 43.8 Å². The summed E-state index contributed by atoms with van der Waals surface area (Å²) in [7, 11) is 0. The molecule has 2 aromatic rings. The summed E-state index contributed by atoms with van der Waals surface area (Å²) in [5.74, 6) is 0.664. The summed E-state index contributed by atoms with van der Waals surface area (Å²) in [6.45, 7) is 6.28. The molecule has 0 saturated heterocycles. The van der Waals surface area contributed by atoms with Gasteiger partial charge in [0.2, 0.25) is 0 Å². The number of amides is 2. The number of aryl methyl sites for hydroxylation is 1. The number of rotatable bonds is 4. The van der Waals surface area contributed by atoms with Crippen molar-refractivity contribution in [3.8, 4) is 0 Å². The number of thiophene rings is 1. The van der Waals surface area contributed by atoms with Crippen LogP contribution in [0, 0.1) is 6.92 Å². The van der Waals surface area contributed by atoms with E-state index >= 15 is 0 Å². The van der Waals surface area contributed by atoms with E-state index in [0.717, 1.165) is 16.1 Å². The van der Waals surface area contributed by atoms with Gasteiger partial charge in [0.15, 0.2) is 0 Å². The molecule has 0 saturated carbocycles. The molecule has 0 spiro atoms. The van der Waals surface area contributed by atoms with Crippen LogP contribution in [0.4, 0.5) is 10.6 Å². The number of allylic oxidation sites excluding steroid dienone is 2. The Morgan fingerprint density at radius 2 is 2.24 bits per heavy atom. The molecule has 0 aliphatic heterocycles. The summed E-state index contributed by atoms with van der Waals surface area (Å²) in [6.07, 6.45) is 3.60. The lowest BCUT2D eigenvalue weighted by Gasteiger charge is -2.24. The quantitative estimate of drug-likeness (QED) is 0.924. The minimum Gasteiger partial charge on any atom is -0.332 e. The Morgan fingerprint density at radius 3 is 2.86 bits per heavy atom. The van der Waals surface area contributed by atoms with Crippen LogP contribution in [-0.4, -0.2) is 11.0 Å². The van der Waals surface area contributed by atoms with Gasteiger partial charge in [-0.1, -0.05) is 18.2 Å². The summed E-state index contributed by atoms with van der Waals surface area (Å²) in [5.41, 5.74) is 1.81. The molecule has 0 aliphatic rings. The van der Waals surface area contributed by atoms with Gasteiger partial charge < -0.3 is 5.32 Å². The molecule has 0 unspecified atom stereocenters. The third kappa shape index (κ3) is 3.70. The number of hydrogen-bond acceptors (Lipinski definition) is 3. The molecule has 21 heavy (non-hydrogen) atoms. The Balaban J connectivity index is 2.20. The van der Waals surface area contributed by atoms with Crippen molar-refractivity contribution in [1.82, 2.24) is 10.3 Å². The van der Waals surface area contributed by atoms with Crippen molar-refractivity contribution in [2.45, 2.75) is 27.3 Å². The molecule has 0 radical (unpaired) electrons. The minimum absolute atomic E-state index is 0.166. The van der Waals surface area contributed by atoms with Crippen LogP contribution in [-0.2, 0) is 6.54 Å². The number of carbonyl (C=O) groups is 1. The molecule has 0 fully saturated rings. The Bertz CT molecular complexity index is 635. The lowest BCUT2D eigenvalue weighted by Crippen LogP contribution is -2.39. The third-order valence-electron chi connectivity index (χ3n) is 3.16. The van der Waals surface area contributed by atoms with Crippen molar-refractivity contribution in [3.63, 3.8) is 0 Å². The smallest absolute Gasteiger partial charge is 0.327 e. The van der Waals surface area contributed by atoms with Crippen molar-refractivity contribution in [2.24, 2.45) is 0 Å². The van der Waals surface area contributed by atoms with E-state index in [9.17, 15) is 4.79 Å². The number of pyridine rings is 1. The van der Waals surface area contributed by atoms with E-state index in [1.807, 2.05) is 56.5 Å². The van der Waals surface area contributed by atoms with Crippen LogP contribution < -0.4 is 10.2 Å². The Kier molecular flexibility index (Phi) is 5.11. The van der Waals surface area contributed by atoms with Crippen LogP contribution in [0.1, 0.15) is 24.3 Å². The normalized spacial score (nSPS) is 11.3. The van der Waals surface area contributed by atoms with Gasteiger partial charge in [-0.25, -0.2) is 9.78 Å². The van der Waals surface area contributed by atoms with Crippen LogP contribution in [0.3, 0.4) is 0 Å². The lowest BCUT2D eigenvalue weighted by atomic mass is 10.2. The first-order valence-corrected chi connectivity index (χ1v) is 7.66. The van der Waals surface area contributed by atoms with Gasteiger partial charge in [0.05, 0.1) is 6.54 Å². The monoisotopic (exact) mass is 301 g/mol. The summed E-state index contributed by atoms with van der Waals surface area (Å²) >= 11 is 1.63. The van der Waals surface area contributed by atoms with Gasteiger partial charge in [-0.2, -0.15) is 0 Å². The molecule has 2 amide bonds. The molecule has 0 aromatic carbocycles. The molecule has 0 atom stereocenters. The van der Waals surface area contributed by atoms with E-state index in [0.29, 0.717) is 12.4 Å². The highest BCUT2D eigenvalue weighted by atomic mass is 32.1. The van der Waals surface area contributed by atoms with E-state index in [2.05, 4.69) is 10.3 Å². The molecule has 2 aromatic heterocycles. The molecule has 0 aliphatic carbocycles. The highest BCUT2D eigenvalue weighted by molar-refractivity contribution is 7.09. The summed E-state index contributed by atoms with van der Waals surface area (Å²) < 4.78 is 0. The van der Waals surface area contributed by atoms with E-state index in [1.54, 1.807) is 22.4 Å². The minimum atomic E-state index is -0.166. The van der Waals surface area contributed by atoms with Crippen LogP contribution >= 0.6 is 11.3 Å². The van der Waals surface area contributed by atoms with Gasteiger partial charge in [0, 0.05) is 16.8 Å². The molecular weight excluding hydrogens is 282 g/mol. The average Bonchev–Trinajstić information content (AvgIpc) is 3.00. The second-order valence-electron chi connectivity index (χ2n) is 4.65. The molecular formula is C16H19N3OS. The average molecular weight is 301 g/mol. The largest absolute Gasteiger partial charge is 0.332 e. The van der Waals surface area contributed by atoms with Crippen LogP contribution in [0.15, 0.2) is 47.6 Å². The number of carbonyl (C=O) groups excluding carboxylic acids is 1. The van der Waals surface area contributed by atoms with Gasteiger partial charge in [0.25, 0.3) is 0 Å². The first kappa shape index (κ1) is 15.3. The highest BCUT2D eigenvalue weighted by Crippen LogP contribution is 2.21. The first-order valence-electron chi connectivity index (χ1n) is 6.78. The summed E-state index contributed by atoms with van der Waals surface area (Å²) in [6, 6.07) is 7.63. The molecule has 5 heteroatoms. The first-order chi connectivity index (χ1) is 10.1. The third-order valence-corrected chi connectivity index (χ3v) is 4.04. The molecule has 110 valence electrons. The van der Waals surface area contributed by atoms with Gasteiger partial charge >= 0.3 is 6.03 Å². The zero-order valence-corrected chi connectivity index (χ0v) is 13.3. The molecule has 2 rings (SSSR count). The topological polar surface area (TPSA) is 45.2 Å². The van der Waals surface area contributed by atoms with Crippen LogP contribution in [0.2, 0.25) is 0 Å². The van der Waals surface area contributed by atoms with Crippen molar-refractivity contribution < 1.29 is 4.79 Å². The number of aromatic nitrogens is 1. The van der Waals surface area contributed by atoms with Crippen LogP contribution in [0.25, 0.3) is 0 Å². The SMILES string of the molecule is C/C=C(\C)N(C(=O)NCc1cccs1)c1ncccc1C. The fourth-order valence-corrected chi connectivity index (χ4v) is 2.56. The van der Waals surface area contributed by atoms with E-state index in [-0.39, 0.29) is 6.03 Å². The van der Waals surface area contributed by atoms with Crippen molar-refractivity contribution >= 4 is 23.2 Å². The Hall–Kier alpha value is -2.14. The number of anilines is 1. The maximum atomic E-state index is 12.5. The van der Waals surface area contributed by atoms with Gasteiger partial charge in [0.1, 0.15) is 5.82 Å². The number of nitrogens with zero attached hydrogens (tertiary/aromatic N) is 2. The van der Waals surface area contributed by atoms with Crippen molar-refractivity contribution in [2.75, 3.05) is 4.90 Å². The molecule has 1 N–H and O–H groups in total. The summed E-state index contributed by atoms with van der Waals surface area (Å²) in [4.78, 5) is 19.6. The second kappa shape index (κ2) is 7.04. The molecule has 4 nitrogen and oxygen atoms in total. The van der Waals surface area contributed by atoms with E-state index < -0.39 is 0 Å². The van der Waals surface area contributed by atoms with Crippen molar-refractivity contribution in [1.29, 1.82) is 0 Å².